The van der Waals surface area contributed by atoms with Crippen LogP contribution in [-0.2, 0) is 14.8 Å². The van der Waals surface area contributed by atoms with Gasteiger partial charge in [-0.05, 0) is 61.5 Å². The average molecular weight is 497 g/mol. The summed E-state index contributed by atoms with van der Waals surface area (Å²) in [7, 11) is -2.32. The average Bonchev–Trinajstić information content (AvgIpc) is 3.50. The summed E-state index contributed by atoms with van der Waals surface area (Å²) in [5.74, 6) is 2.68. The van der Waals surface area contributed by atoms with Gasteiger partial charge in [-0.1, -0.05) is 13.8 Å². The molecule has 3 aliphatic rings. The van der Waals surface area contributed by atoms with Crippen molar-refractivity contribution in [2.45, 2.75) is 56.6 Å². The molecule has 3 aliphatic heterocycles. The van der Waals surface area contributed by atoms with Crippen LogP contribution in [0, 0.1) is 11.8 Å². The first-order chi connectivity index (χ1) is 15.8. The number of nitrogens with zero attached hydrogens (tertiary/aromatic N) is 2. The Morgan fingerprint density at radius 2 is 2.00 bits per heavy atom. The van der Waals surface area contributed by atoms with Crippen molar-refractivity contribution in [1.29, 1.82) is 0 Å². The molecule has 0 aromatic heterocycles. The van der Waals surface area contributed by atoms with E-state index in [9.17, 15) is 13.2 Å². The van der Waals surface area contributed by atoms with Gasteiger partial charge in [0.1, 0.15) is 10.6 Å². The lowest BCUT2D eigenvalue weighted by atomic mass is 9.94. The zero-order valence-corrected chi connectivity index (χ0v) is 21.5. The maximum atomic E-state index is 13.7. The van der Waals surface area contributed by atoms with Crippen LogP contribution in [0.15, 0.2) is 23.1 Å². The van der Waals surface area contributed by atoms with E-state index in [1.165, 1.54) is 13.2 Å². The van der Waals surface area contributed by atoms with E-state index in [2.05, 4.69) is 13.8 Å². The normalized spacial score (nSPS) is 28.7. The number of hydrogen-bond acceptors (Lipinski definition) is 6. The first-order valence-corrected chi connectivity index (χ1v) is 14.6. The van der Waals surface area contributed by atoms with Gasteiger partial charge in [-0.25, -0.2) is 8.42 Å². The molecule has 1 aromatic rings. The Kier molecular flexibility index (Phi) is 7.93. The van der Waals surface area contributed by atoms with Crippen molar-refractivity contribution in [3.8, 4) is 5.75 Å². The van der Waals surface area contributed by atoms with Gasteiger partial charge >= 0.3 is 0 Å². The van der Waals surface area contributed by atoms with Gasteiger partial charge in [0.15, 0.2) is 0 Å². The highest BCUT2D eigenvalue weighted by molar-refractivity contribution is 7.99. The Balaban J connectivity index is 1.64. The number of hydrogen-bond donors (Lipinski definition) is 0. The largest absolute Gasteiger partial charge is 0.495 e. The molecule has 9 heteroatoms. The van der Waals surface area contributed by atoms with E-state index in [1.807, 2.05) is 16.7 Å². The Labute approximate surface area is 202 Å². The number of rotatable bonds is 7. The third kappa shape index (κ3) is 5.52. The van der Waals surface area contributed by atoms with E-state index >= 15 is 0 Å². The number of amides is 1. The Morgan fingerprint density at radius 1 is 1.24 bits per heavy atom. The molecule has 0 N–H and O–H groups in total. The standard InChI is InChI=1S/C24H36N2O5S2/c1-17-11-18(2)14-25(13-17)33(28,29)23-12-19(6-7-22(23)30-3)24(27)26(20-8-10-32-16-20)15-21-5-4-9-31-21/h6-7,12,17-18,20-21H,4-5,8-11,13-16H2,1-3H3. The summed E-state index contributed by atoms with van der Waals surface area (Å²) >= 11 is 1.86. The second-order valence-electron chi connectivity index (χ2n) is 9.74. The Morgan fingerprint density at radius 3 is 2.61 bits per heavy atom. The minimum Gasteiger partial charge on any atom is -0.495 e. The van der Waals surface area contributed by atoms with Crippen molar-refractivity contribution in [2.24, 2.45) is 11.8 Å². The number of carbonyl (C=O) groups is 1. The summed E-state index contributed by atoms with van der Waals surface area (Å²) < 4.78 is 40.1. The lowest BCUT2D eigenvalue weighted by Crippen LogP contribution is -2.45. The van der Waals surface area contributed by atoms with Gasteiger partial charge in [0, 0.05) is 43.6 Å². The van der Waals surface area contributed by atoms with Gasteiger partial charge in [-0.2, -0.15) is 16.1 Å². The Hall–Kier alpha value is -1.29. The van der Waals surface area contributed by atoms with Crippen LogP contribution in [0.5, 0.6) is 5.75 Å². The third-order valence-electron chi connectivity index (χ3n) is 6.90. The van der Waals surface area contributed by atoms with E-state index in [4.69, 9.17) is 9.47 Å². The number of thioether (sulfide) groups is 1. The van der Waals surface area contributed by atoms with Crippen LogP contribution in [0.1, 0.15) is 49.9 Å². The fourth-order valence-electron chi connectivity index (χ4n) is 5.29. The van der Waals surface area contributed by atoms with Crippen LogP contribution in [0.25, 0.3) is 0 Å². The monoisotopic (exact) mass is 496 g/mol. The van der Waals surface area contributed by atoms with E-state index in [1.54, 1.807) is 16.4 Å². The summed E-state index contributed by atoms with van der Waals surface area (Å²) in [6.45, 7) is 6.43. The van der Waals surface area contributed by atoms with Gasteiger partial charge in [0.05, 0.1) is 13.2 Å². The summed E-state index contributed by atoms with van der Waals surface area (Å²) in [4.78, 5) is 15.7. The topological polar surface area (TPSA) is 76.1 Å². The predicted molar refractivity (Wildman–Crippen MR) is 130 cm³/mol. The zero-order chi connectivity index (χ0) is 23.6. The predicted octanol–water partition coefficient (Wildman–Crippen LogP) is 3.49. The second kappa shape index (κ2) is 10.5. The fraction of sp³-hybridized carbons (Fsp3) is 0.708. The van der Waals surface area contributed by atoms with Crippen molar-refractivity contribution < 1.29 is 22.7 Å². The van der Waals surface area contributed by atoms with Gasteiger partial charge in [-0.15, -0.1) is 0 Å². The van der Waals surface area contributed by atoms with E-state index in [0.29, 0.717) is 37.0 Å². The quantitative estimate of drug-likeness (QED) is 0.575. The summed E-state index contributed by atoms with van der Waals surface area (Å²) in [6.07, 6.45) is 3.99. The summed E-state index contributed by atoms with van der Waals surface area (Å²) in [5.41, 5.74) is 0.391. The lowest BCUT2D eigenvalue weighted by molar-refractivity contribution is 0.0441. The van der Waals surface area contributed by atoms with Gasteiger partial charge in [0.2, 0.25) is 10.0 Å². The molecule has 1 amide bonds. The molecular formula is C24H36N2O5S2. The first kappa shape index (κ1) is 24.8. The van der Waals surface area contributed by atoms with Crippen molar-refractivity contribution in [2.75, 3.05) is 44.9 Å². The van der Waals surface area contributed by atoms with E-state index in [0.717, 1.165) is 43.8 Å². The van der Waals surface area contributed by atoms with Crippen LogP contribution in [0.2, 0.25) is 0 Å². The lowest BCUT2D eigenvalue weighted by Gasteiger charge is -2.34. The van der Waals surface area contributed by atoms with Crippen LogP contribution in [0.4, 0.5) is 0 Å². The minimum atomic E-state index is -3.78. The molecule has 4 atom stereocenters. The highest BCUT2D eigenvalue weighted by Crippen LogP contribution is 2.33. The van der Waals surface area contributed by atoms with Crippen molar-refractivity contribution in [1.82, 2.24) is 9.21 Å². The van der Waals surface area contributed by atoms with Crippen molar-refractivity contribution in [3.05, 3.63) is 23.8 Å². The van der Waals surface area contributed by atoms with Crippen LogP contribution in [-0.4, -0.2) is 80.5 Å². The molecule has 0 aliphatic carbocycles. The maximum Gasteiger partial charge on any atom is 0.254 e. The number of carbonyl (C=O) groups excluding carboxylic acids is 1. The molecule has 33 heavy (non-hydrogen) atoms. The molecule has 0 bridgehead atoms. The molecule has 1 aromatic carbocycles. The molecule has 4 unspecified atom stereocenters. The molecule has 0 spiro atoms. The molecular weight excluding hydrogens is 460 g/mol. The molecule has 3 heterocycles. The highest BCUT2D eigenvalue weighted by atomic mass is 32.2. The third-order valence-corrected chi connectivity index (χ3v) is 9.89. The second-order valence-corrected chi connectivity index (χ2v) is 12.8. The van der Waals surface area contributed by atoms with Crippen LogP contribution >= 0.6 is 11.8 Å². The minimum absolute atomic E-state index is 0.0531. The number of ether oxygens (including phenoxy) is 2. The Bertz CT molecular complexity index is 932. The summed E-state index contributed by atoms with van der Waals surface area (Å²) in [5, 5.41) is 0. The SMILES string of the molecule is COc1ccc(C(=O)N(CC2CCCO2)C2CCSC2)cc1S(=O)(=O)N1CC(C)CC(C)C1. The van der Waals surface area contributed by atoms with Gasteiger partial charge < -0.3 is 14.4 Å². The molecule has 0 saturated carbocycles. The number of methoxy groups -OCH3 is 1. The van der Waals surface area contributed by atoms with Crippen molar-refractivity contribution in [3.63, 3.8) is 0 Å². The molecule has 7 nitrogen and oxygen atoms in total. The highest BCUT2D eigenvalue weighted by Gasteiger charge is 2.36. The molecule has 184 valence electrons. The molecule has 0 radical (unpaired) electrons. The zero-order valence-electron chi connectivity index (χ0n) is 19.9. The number of sulfonamides is 1. The molecule has 3 fully saturated rings. The molecule has 4 rings (SSSR count). The van der Waals surface area contributed by atoms with Gasteiger partial charge in [-0.3, -0.25) is 4.79 Å². The van der Waals surface area contributed by atoms with Gasteiger partial charge in [0.25, 0.3) is 5.91 Å². The van der Waals surface area contributed by atoms with Crippen molar-refractivity contribution >= 4 is 27.7 Å². The molecule has 3 saturated heterocycles. The van der Waals surface area contributed by atoms with E-state index < -0.39 is 10.0 Å². The maximum absolute atomic E-state index is 13.7. The first-order valence-electron chi connectivity index (χ1n) is 12.0. The smallest absolute Gasteiger partial charge is 0.254 e. The number of piperidine rings is 1. The van der Waals surface area contributed by atoms with E-state index in [-0.39, 0.29) is 28.7 Å². The fourth-order valence-corrected chi connectivity index (χ4v) is 8.38. The van der Waals surface area contributed by atoms with Crippen LogP contribution < -0.4 is 4.74 Å². The summed E-state index contributed by atoms with van der Waals surface area (Å²) in [6, 6.07) is 4.97. The van der Waals surface area contributed by atoms with Crippen LogP contribution in [0.3, 0.4) is 0 Å². The number of benzene rings is 1.